The number of nitrogens with zero attached hydrogens (tertiary/aromatic N) is 1. The van der Waals surface area contributed by atoms with Crippen molar-refractivity contribution in [1.29, 1.82) is 0 Å². The topological polar surface area (TPSA) is 73.0 Å². The highest BCUT2D eigenvalue weighted by Gasteiger charge is 2.32. The van der Waals surface area contributed by atoms with Gasteiger partial charge in [0, 0.05) is 18.4 Å². The van der Waals surface area contributed by atoms with Gasteiger partial charge in [0.2, 0.25) is 0 Å². The Morgan fingerprint density at radius 2 is 2.35 bits per heavy atom. The van der Waals surface area contributed by atoms with Crippen molar-refractivity contribution in [2.24, 2.45) is 11.7 Å². The van der Waals surface area contributed by atoms with Crippen LogP contribution in [-0.4, -0.2) is 30.9 Å². The average Bonchev–Trinajstić information content (AvgIpc) is 2.62. The van der Waals surface area contributed by atoms with E-state index in [0.29, 0.717) is 17.9 Å². The van der Waals surface area contributed by atoms with Crippen molar-refractivity contribution in [3.8, 4) is 0 Å². The molecule has 0 saturated carbocycles. The van der Waals surface area contributed by atoms with E-state index in [2.05, 4.69) is 4.98 Å². The normalized spacial score (nSPS) is 24.7. The molecule has 0 radical (unpaired) electrons. The monoisotopic (exact) mass is 274 g/mol. The van der Waals surface area contributed by atoms with Crippen LogP contribution in [0, 0.1) is 5.92 Å². The van der Waals surface area contributed by atoms with E-state index < -0.39 is 9.84 Å². The number of rotatable bonds is 3. The largest absolute Gasteiger partial charge is 0.327 e. The average molecular weight is 275 g/mol. The van der Waals surface area contributed by atoms with Crippen molar-refractivity contribution >= 4 is 21.4 Å². The van der Waals surface area contributed by atoms with Crippen LogP contribution < -0.4 is 5.73 Å². The van der Waals surface area contributed by atoms with Crippen molar-refractivity contribution in [3.05, 3.63) is 29.0 Å². The molecule has 1 aliphatic rings. The molecule has 1 saturated heterocycles. The number of sulfone groups is 1. The highest BCUT2D eigenvalue weighted by atomic mass is 35.5. The van der Waals surface area contributed by atoms with Crippen molar-refractivity contribution in [1.82, 2.24) is 4.98 Å². The summed E-state index contributed by atoms with van der Waals surface area (Å²) < 4.78 is 22.7. The van der Waals surface area contributed by atoms with Crippen molar-refractivity contribution in [2.75, 3.05) is 11.5 Å². The molecule has 0 spiro atoms. The standard InChI is InChI=1S/C11H15ClN2O2S/c12-10-6-14-3-1-8(10)5-11(13)9-2-4-17(15,16)7-9/h1,3,6,9,11H,2,4-5,7,13H2. The molecular formula is C11H15ClN2O2S. The minimum atomic E-state index is -2.87. The molecule has 17 heavy (non-hydrogen) atoms. The Hall–Kier alpha value is -0.650. The van der Waals surface area contributed by atoms with Gasteiger partial charge in [-0.05, 0) is 30.4 Å². The van der Waals surface area contributed by atoms with Gasteiger partial charge >= 0.3 is 0 Å². The van der Waals surface area contributed by atoms with Crippen molar-refractivity contribution in [2.45, 2.75) is 18.9 Å². The third kappa shape index (κ3) is 3.18. The molecule has 0 amide bonds. The van der Waals surface area contributed by atoms with E-state index in [1.807, 2.05) is 6.07 Å². The zero-order chi connectivity index (χ0) is 12.5. The molecule has 2 heterocycles. The number of nitrogens with two attached hydrogens (primary N) is 1. The summed E-state index contributed by atoms with van der Waals surface area (Å²) in [4.78, 5) is 3.90. The summed E-state index contributed by atoms with van der Waals surface area (Å²) in [6.45, 7) is 0. The molecule has 0 aliphatic carbocycles. The second-order valence-electron chi connectivity index (χ2n) is 4.50. The molecule has 2 N–H and O–H groups in total. The van der Waals surface area contributed by atoms with Crippen LogP contribution in [0.2, 0.25) is 5.02 Å². The molecule has 1 aromatic rings. The second kappa shape index (κ2) is 4.92. The molecule has 94 valence electrons. The summed E-state index contributed by atoms with van der Waals surface area (Å²) in [6.07, 6.45) is 4.50. The minimum Gasteiger partial charge on any atom is -0.327 e. The number of hydrogen-bond donors (Lipinski definition) is 1. The Morgan fingerprint density at radius 1 is 1.59 bits per heavy atom. The van der Waals surface area contributed by atoms with E-state index >= 15 is 0 Å². The second-order valence-corrected chi connectivity index (χ2v) is 7.13. The first-order valence-electron chi connectivity index (χ1n) is 5.52. The maximum atomic E-state index is 11.4. The summed E-state index contributed by atoms with van der Waals surface area (Å²) in [6, 6.07) is 1.67. The molecule has 0 aromatic carbocycles. The summed E-state index contributed by atoms with van der Waals surface area (Å²) >= 11 is 5.99. The molecule has 1 fully saturated rings. The molecule has 2 unspecified atom stereocenters. The fraction of sp³-hybridized carbons (Fsp3) is 0.545. The quantitative estimate of drug-likeness (QED) is 0.894. The zero-order valence-corrected chi connectivity index (χ0v) is 10.9. The van der Waals surface area contributed by atoms with Gasteiger partial charge in [-0.25, -0.2) is 8.42 Å². The molecule has 4 nitrogen and oxygen atoms in total. The van der Waals surface area contributed by atoms with Crippen LogP contribution in [0.15, 0.2) is 18.5 Å². The van der Waals surface area contributed by atoms with Gasteiger partial charge in [0.25, 0.3) is 0 Å². The molecule has 6 heteroatoms. The maximum Gasteiger partial charge on any atom is 0.150 e. The van der Waals surface area contributed by atoms with Crippen molar-refractivity contribution < 1.29 is 8.42 Å². The molecule has 1 aromatic heterocycles. The van der Waals surface area contributed by atoms with E-state index in [1.165, 1.54) is 0 Å². The molecule has 2 rings (SSSR count). The third-order valence-electron chi connectivity index (χ3n) is 3.19. The Labute approximate surface area is 106 Å². The highest BCUT2D eigenvalue weighted by molar-refractivity contribution is 7.91. The van der Waals surface area contributed by atoms with Crippen LogP contribution in [0.1, 0.15) is 12.0 Å². The number of hydrogen-bond acceptors (Lipinski definition) is 4. The first kappa shape index (κ1) is 12.8. The summed E-state index contributed by atoms with van der Waals surface area (Å²) in [5, 5.41) is 0.587. The van der Waals surface area contributed by atoms with Gasteiger partial charge in [0.1, 0.15) is 0 Å². The number of pyridine rings is 1. The number of aromatic nitrogens is 1. The van der Waals surface area contributed by atoms with Gasteiger partial charge in [-0.15, -0.1) is 0 Å². The van der Waals surface area contributed by atoms with Gasteiger partial charge in [0.05, 0.1) is 16.5 Å². The van der Waals surface area contributed by atoms with Crippen LogP contribution >= 0.6 is 11.6 Å². The van der Waals surface area contributed by atoms with Gasteiger partial charge in [-0.3, -0.25) is 4.98 Å². The summed E-state index contributed by atoms with van der Waals surface area (Å²) in [7, 11) is -2.87. The highest BCUT2D eigenvalue weighted by Crippen LogP contribution is 2.24. The Balaban J connectivity index is 2.03. The van der Waals surface area contributed by atoms with E-state index in [-0.39, 0.29) is 23.5 Å². The summed E-state index contributed by atoms with van der Waals surface area (Å²) in [5.74, 6) is 0.510. The molecule has 1 aliphatic heterocycles. The van der Waals surface area contributed by atoms with Crippen LogP contribution in [0.5, 0.6) is 0 Å². The van der Waals surface area contributed by atoms with E-state index in [0.717, 1.165) is 5.56 Å². The lowest BCUT2D eigenvalue weighted by molar-refractivity contribution is 0.461. The van der Waals surface area contributed by atoms with Gasteiger partial charge in [-0.2, -0.15) is 0 Å². The maximum absolute atomic E-state index is 11.4. The number of halogens is 1. The van der Waals surface area contributed by atoms with Crippen LogP contribution in [-0.2, 0) is 16.3 Å². The lowest BCUT2D eigenvalue weighted by Gasteiger charge is -2.18. The van der Waals surface area contributed by atoms with Gasteiger partial charge < -0.3 is 5.73 Å². The van der Waals surface area contributed by atoms with E-state index in [9.17, 15) is 8.42 Å². The Morgan fingerprint density at radius 3 is 2.94 bits per heavy atom. The van der Waals surface area contributed by atoms with E-state index in [1.54, 1.807) is 12.4 Å². The smallest absolute Gasteiger partial charge is 0.150 e. The zero-order valence-electron chi connectivity index (χ0n) is 9.34. The predicted molar refractivity (Wildman–Crippen MR) is 67.7 cm³/mol. The molecular weight excluding hydrogens is 260 g/mol. The Kier molecular flexibility index (Phi) is 3.70. The van der Waals surface area contributed by atoms with Crippen LogP contribution in [0.3, 0.4) is 0 Å². The molecule has 2 atom stereocenters. The fourth-order valence-corrected chi connectivity index (χ4v) is 4.24. The fourth-order valence-electron chi connectivity index (χ4n) is 2.15. The first-order chi connectivity index (χ1) is 7.98. The van der Waals surface area contributed by atoms with Gasteiger partial charge in [-0.1, -0.05) is 11.6 Å². The summed E-state index contributed by atoms with van der Waals surface area (Å²) in [5.41, 5.74) is 6.99. The van der Waals surface area contributed by atoms with Crippen LogP contribution in [0.4, 0.5) is 0 Å². The first-order valence-corrected chi connectivity index (χ1v) is 7.72. The predicted octanol–water partition coefficient (Wildman–Crippen LogP) is 1.04. The lowest BCUT2D eigenvalue weighted by atomic mass is 9.94. The minimum absolute atomic E-state index is 0.0456. The molecule has 0 bridgehead atoms. The van der Waals surface area contributed by atoms with Gasteiger partial charge in [0.15, 0.2) is 9.84 Å². The lowest BCUT2D eigenvalue weighted by Crippen LogP contribution is -2.33. The third-order valence-corrected chi connectivity index (χ3v) is 5.32. The SMILES string of the molecule is NC(Cc1ccncc1Cl)C1CCS(=O)(=O)C1. The van der Waals surface area contributed by atoms with E-state index in [4.69, 9.17) is 17.3 Å². The Bertz CT molecular complexity index is 504. The van der Waals surface area contributed by atoms with Crippen LogP contribution in [0.25, 0.3) is 0 Å². The van der Waals surface area contributed by atoms with Crippen molar-refractivity contribution in [3.63, 3.8) is 0 Å².